The van der Waals surface area contributed by atoms with Crippen LogP contribution in [0.4, 0.5) is 10.5 Å². The molecule has 0 aliphatic carbocycles. The van der Waals surface area contributed by atoms with Crippen molar-refractivity contribution in [3.63, 3.8) is 0 Å². The van der Waals surface area contributed by atoms with Crippen LogP contribution in [0.2, 0.25) is 0 Å². The maximum atomic E-state index is 13.8. The number of ether oxygens (including phenoxy) is 1. The number of anilines is 1. The van der Waals surface area contributed by atoms with Gasteiger partial charge < -0.3 is 20.3 Å². The number of likely N-dealkylation sites (tertiary alicyclic amines) is 1. The SMILES string of the molecule is COc1ccc(S(=O)(=O)N(OCc2ccccc2)C(=O)[C@@H]2C[C@@H]3CCN(C(=O)Nc4ccccc4)C[C@@H]3N2)cc1. The molecule has 3 aromatic rings. The van der Waals surface area contributed by atoms with Gasteiger partial charge in [-0.15, -0.1) is 4.47 Å². The highest BCUT2D eigenvalue weighted by atomic mass is 32.2. The lowest BCUT2D eigenvalue weighted by Crippen LogP contribution is -2.52. The first-order valence-electron chi connectivity index (χ1n) is 13.1. The molecule has 5 rings (SSSR count). The van der Waals surface area contributed by atoms with E-state index in [1.54, 1.807) is 17.0 Å². The standard InChI is InChI=1S/C29H32N4O6S/c1-38-24-12-14-25(15-13-24)40(36,37)33(39-20-21-8-4-2-5-9-21)28(34)26-18-22-16-17-32(19-27(22)31-26)29(35)30-23-10-6-3-7-11-23/h2-15,22,26-27,31H,16-20H2,1H3,(H,30,35)/t22-,26-,27-/m0/s1. The molecule has 2 fully saturated rings. The van der Waals surface area contributed by atoms with E-state index in [1.807, 2.05) is 48.5 Å². The van der Waals surface area contributed by atoms with Crippen molar-refractivity contribution >= 4 is 27.6 Å². The van der Waals surface area contributed by atoms with Crippen LogP contribution in [0.15, 0.2) is 89.8 Å². The summed E-state index contributed by atoms with van der Waals surface area (Å²) in [6.45, 7) is 0.846. The Kier molecular flexibility index (Phi) is 8.34. The highest BCUT2D eigenvalue weighted by molar-refractivity contribution is 7.89. The number of fused-ring (bicyclic) bond motifs is 1. The molecule has 2 saturated heterocycles. The van der Waals surface area contributed by atoms with Crippen LogP contribution in [0.5, 0.6) is 5.75 Å². The molecule has 11 heteroatoms. The molecule has 0 spiro atoms. The van der Waals surface area contributed by atoms with E-state index >= 15 is 0 Å². The Morgan fingerprint density at radius 2 is 1.68 bits per heavy atom. The summed E-state index contributed by atoms with van der Waals surface area (Å²) in [5, 5.41) is 6.18. The van der Waals surface area contributed by atoms with Crippen LogP contribution < -0.4 is 15.4 Å². The number of para-hydroxylation sites is 1. The van der Waals surface area contributed by atoms with Crippen LogP contribution in [-0.4, -0.2) is 62.0 Å². The van der Waals surface area contributed by atoms with Crippen LogP contribution in [-0.2, 0) is 26.3 Å². The van der Waals surface area contributed by atoms with E-state index in [0.29, 0.717) is 41.8 Å². The van der Waals surface area contributed by atoms with Gasteiger partial charge in [-0.1, -0.05) is 48.5 Å². The van der Waals surface area contributed by atoms with Gasteiger partial charge in [0, 0.05) is 24.8 Å². The largest absolute Gasteiger partial charge is 0.497 e. The predicted molar refractivity (Wildman–Crippen MR) is 149 cm³/mol. The van der Waals surface area contributed by atoms with E-state index in [2.05, 4.69) is 10.6 Å². The van der Waals surface area contributed by atoms with Gasteiger partial charge in [-0.25, -0.2) is 4.79 Å². The lowest BCUT2D eigenvalue weighted by Gasteiger charge is -2.34. The number of piperidine rings is 1. The zero-order valence-corrected chi connectivity index (χ0v) is 22.9. The van der Waals surface area contributed by atoms with Gasteiger partial charge in [0.05, 0.1) is 18.0 Å². The van der Waals surface area contributed by atoms with Crippen molar-refractivity contribution < 1.29 is 27.6 Å². The van der Waals surface area contributed by atoms with Crippen molar-refractivity contribution in [2.45, 2.75) is 36.4 Å². The van der Waals surface area contributed by atoms with Gasteiger partial charge in [0.25, 0.3) is 15.9 Å². The molecule has 3 aromatic carbocycles. The molecule has 0 aromatic heterocycles. The molecule has 3 atom stereocenters. The molecule has 0 radical (unpaired) electrons. The summed E-state index contributed by atoms with van der Waals surface area (Å²) in [6, 6.07) is 22.9. The van der Waals surface area contributed by atoms with Crippen molar-refractivity contribution in [1.29, 1.82) is 0 Å². The highest BCUT2D eigenvalue weighted by Gasteiger charge is 2.45. The Labute approximate surface area is 233 Å². The fourth-order valence-electron chi connectivity index (χ4n) is 5.11. The Balaban J connectivity index is 1.30. The molecule has 0 bridgehead atoms. The Bertz CT molecular complexity index is 1420. The number of rotatable bonds is 8. The van der Waals surface area contributed by atoms with Crippen molar-refractivity contribution in [3.8, 4) is 5.75 Å². The monoisotopic (exact) mass is 564 g/mol. The molecule has 40 heavy (non-hydrogen) atoms. The summed E-state index contributed by atoms with van der Waals surface area (Å²) in [7, 11) is -2.85. The van der Waals surface area contributed by atoms with E-state index in [0.717, 1.165) is 5.56 Å². The Morgan fingerprint density at radius 3 is 2.35 bits per heavy atom. The number of benzene rings is 3. The maximum Gasteiger partial charge on any atom is 0.321 e. The first kappa shape index (κ1) is 27.6. The van der Waals surface area contributed by atoms with Gasteiger partial charge in [-0.3, -0.25) is 9.63 Å². The number of methoxy groups -OCH3 is 1. The van der Waals surface area contributed by atoms with Gasteiger partial charge in [-0.05, 0) is 60.7 Å². The van der Waals surface area contributed by atoms with Crippen LogP contribution in [0.1, 0.15) is 18.4 Å². The third-order valence-electron chi connectivity index (χ3n) is 7.27. The topological polar surface area (TPSA) is 117 Å². The minimum Gasteiger partial charge on any atom is -0.497 e. The number of carbonyl (C=O) groups is 2. The lowest BCUT2D eigenvalue weighted by atomic mass is 9.91. The molecule has 2 N–H and O–H groups in total. The first-order chi connectivity index (χ1) is 19.3. The van der Waals surface area contributed by atoms with E-state index < -0.39 is 22.0 Å². The number of nitrogens with zero attached hydrogens (tertiary/aromatic N) is 2. The van der Waals surface area contributed by atoms with Crippen LogP contribution in [0.25, 0.3) is 0 Å². The first-order valence-corrected chi connectivity index (χ1v) is 14.6. The van der Waals surface area contributed by atoms with Gasteiger partial charge in [0.1, 0.15) is 12.4 Å². The van der Waals surface area contributed by atoms with Gasteiger partial charge in [-0.2, -0.15) is 8.42 Å². The number of hydrogen-bond donors (Lipinski definition) is 2. The average Bonchev–Trinajstić information content (AvgIpc) is 3.42. The number of hydroxylamine groups is 1. The normalized spacial score (nSPS) is 20.4. The van der Waals surface area contributed by atoms with E-state index in [1.165, 1.54) is 31.4 Å². The summed E-state index contributed by atoms with van der Waals surface area (Å²) in [6.07, 6.45) is 1.14. The number of urea groups is 1. The average molecular weight is 565 g/mol. The Morgan fingerprint density at radius 1 is 1.00 bits per heavy atom. The summed E-state index contributed by atoms with van der Waals surface area (Å²) in [4.78, 5) is 33.9. The summed E-state index contributed by atoms with van der Waals surface area (Å²) in [5.74, 6) is -0.0831. The quantitative estimate of drug-likeness (QED) is 0.401. The Hall–Kier alpha value is -3.93. The van der Waals surface area contributed by atoms with E-state index in [-0.39, 0.29) is 29.5 Å². The minimum absolute atomic E-state index is 0.0890. The van der Waals surface area contributed by atoms with E-state index in [9.17, 15) is 18.0 Å². The number of sulfonamides is 1. The van der Waals surface area contributed by atoms with Gasteiger partial charge in [0.2, 0.25) is 0 Å². The zero-order valence-electron chi connectivity index (χ0n) is 22.1. The fraction of sp³-hybridized carbons (Fsp3) is 0.310. The maximum absolute atomic E-state index is 13.8. The molecule has 2 heterocycles. The van der Waals surface area contributed by atoms with Crippen molar-refractivity contribution in [1.82, 2.24) is 14.7 Å². The molecular formula is C29H32N4O6S. The summed E-state index contributed by atoms with van der Waals surface area (Å²) >= 11 is 0. The fourth-order valence-corrected chi connectivity index (χ4v) is 6.34. The zero-order chi connectivity index (χ0) is 28.1. The molecule has 3 amide bonds. The van der Waals surface area contributed by atoms with Crippen LogP contribution >= 0.6 is 0 Å². The number of hydrogen-bond acceptors (Lipinski definition) is 7. The predicted octanol–water partition coefficient (Wildman–Crippen LogP) is 3.63. The number of amides is 3. The minimum atomic E-state index is -4.33. The van der Waals surface area contributed by atoms with Crippen molar-refractivity contribution in [2.24, 2.45) is 5.92 Å². The lowest BCUT2D eigenvalue weighted by molar-refractivity contribution is -0.163. The van der Waals surface area contributed by atoms with Crippen molar-refractivity contribution in [2.75, 3.05) is 25.5 Å². The second-order valence-corrected chi connectivity index (χ2v) is 11.6. The molecule has 10 nitrogen and oxygen atoms in total. The smallest absolute Gasteiger partial charge is 0.321 e. The van der Waals surface area contributed by atoms with Crippen LogP contribution in [0.3, 0.4) is 0 Å². The summed E-state index contributed by atoms with van der Waals surface area (Å²) < 4.78 is 32.9. The van der Waals surface area contributed by atoms with Crippen molar-refractivity contribution in [3.05, 3.63) is 90.5 Å². The molecule has 0 saturated carbocycles. The third-order valence-corrected chi connectivity index (χ3v) is 8.86. The van der Waals surface area contributed by atoms with E-state index in [4.69, 9.17) is 9.57 Å². The molecule has 0 unspecified atom stereocenters. The number of carbonyl (C=O) groups excluding carboxylic acids is 2. The second kappa shape index (κ2) is 12.1. The van der Waals surface area contributed by atoms with Gasteiger partial charge >= 0.3 is 6.03 Å². The molecule has 210 valence electrons. The number of nitrogens with one attached hydrogen (secondary N) is 2. The summed E-state index contributed by atoms with van der Waals surface area (Å²) in [5.41, 5.74) is 1.43. The second-order valence-electron chi connectivity index (χ2n) is 9.86. The highest BCUT2D eigenvalue weighted by Crippen LogP contribution is 2.31. The molecule has 2 aliphatic rings. The third kappa shape index (κ3) is 6.11. The molecular weight excluding hydrogens is 532 g/mol. The molecule has 2 aliphatic heterocycles. The van der Waals surface area contributed by atoms with Crippen LogP contribution in [0, 0.1) is 5.92 Å². The van der Waals surface area contributed by atoms with Gasteiger partial charge in [0.15, 0.2) is 0 Å².